The summed E-state index contributed by atoms with van der Waals surface area (Å²) in [5.41, 5.74) is 2.12. The third-order valence-electron chi connectivity index (χ3n) is 6.68. The molecule has 9 heteroatoms. The van der Waals surface area contributed by atoms with Gasteiger partial charge in [-0.25, -0.2) is 0 Å². The van der Waals surface area contributed by atoms with Gasteiger partial charge in [-0.15, -0.1) is 0 Å². The predicted octanol–water partition coefficient (Wildman–Crippen LogP) is 3.74. The Bertz CT molecular complexity index is 668. The van der Waals surface area contributed by atoms with Gasteiger partial charge in [-0.2, -0.15) is 20.4 Å². The van der Waals surface area contributed by atoms with Gasteiger partial charge in [0, 0.05) is 13.1 Å². The standard InChI is InChI=1S/C21H36N6S2.Cu/c1-4-22-19(28)26-24-14(3)18(25-27-20(29)23-5-2)6-7-21-11-15-8-16(12-21)10-17(9-15)13-21;/h15-17H,4-13H2,1-3H3,(H2,22,26,28)(H2,23,27,29);/q;+2/p-2/b24-14+,25-18+;. The summed E-state index contributed by atoms with van der Waals surface area (Å²) in [6.45, 7) is 7.38. The second-order valence-electron chi connectivity index (χ2n) is 9.02. The molecule has 0 aromatic rings. The molecule has 0 heterocycles. The number of rotatable bonds is 8. The van der Waals surface area contributed by atoms with Crippen LogP contribution in [0, 0.1) is 23.2 Å². The van der Waals surface area contributed by atoms with E-state index in [2.05, 4.69) is 31.0 Å². The summed E-state index contributed by atoms with van der Waals surface area (Å²) in [6, 6.07) is 0. The summed E-state index contributed by atoms with van der Waals surface area (Å²) < 4.78 is 0. The second kappa shape index (κ2) is 11.7. The van der Waals surface area contributed by atoms with Crippen molar-refractivity contribution in [2.24, 2.45) is 43.6 Å². The first-order valence-electron chi connectivity index (χ1n) is 11.0. The number of amidine groups is 2. The molecule has 171 valence electrons. The van der Waals surface area contributed by atoms with Crippen LogP contribution >= 0.6 is 0 Å². The number of hydrogen-bond donors (Lipinski definition) is 2. The summed E-state index contributed by atoms with van der Waals surface area (Å²) >= 11 is 10.4. The molecule has 0 atom stereocenters. The van der Waals surface area contributed by atoms with Crippen molar-refractivity contribution >= 4 is 47.0 Å². The van der Waals surface area contributed by atoms with E-state index in [1.54, 1.807) is 0 Å². The van der Waals surface area contributed by atoms with Crippen LogP contribution in [0.1, 0.15) is 72.1 Å². The third-order valence-corrected chi connectivity index (χ3v) is 7.14. The Kier molecular flexibility index (Phi) is 9.98. The van der Waals surface area contributed by atoms with Crippen LogP contribution in [0.3, 0.4) is 0 Å². The molecule has 6 nitrogen and oxygen atoms in total. The van der Waals surface area contributed by atoms with Crippen LogP contribution in [0.25, 0.3) is 0 Å². The first-order chi connectivity index (χ1) is 13.9. The molecule has 0 spiro atoms. The van der Waals surface area contributed by atoms with Gasteiger partial charge in [-0.1, -0.05) is 0 Å². The van der Waals surface area contributed by atoms with Crippen LogP contribution < -0.4 is 10.6 Å². The molecular weight excluding hydrogens is 464 g/mol. The molecule has 4 aliphatic carbocycles. The van der Waals surface area contributed by atoms with Crippen molar-refractivity contribution in [1.29, 1.82) is 0 Å². The molecule has 4 bridgehead atoms. The average molecular weight is 498 g/mol. The van der Waals surface area contributed by atoms with Crippen molar-refractivity contribution in [3.05, 3.63) is 0 Å². The van der Waals surface area contributed by atoms with E-state index in [0.29, 0.717) is 15.8 Å². The quantitative estimate of drug-likeness (QED) is 0.176. The van der Waals surface area contributed by atoms with E-state index in [9.17, 15) is 0 Å². The van der Waals surface area contributed by atoms with E-state index < -0.39 is 0 Å². The SMILES string of the molecule is CCN/C([S-])=N/N=C(C)/C(CCC12CC3CC(CC(C3)C1)C2)=N/N=C(\[S-])NCC.[Cu+2]. The summed E-state index contributed by atoms with van der Waals surface area (Å²) in [7, 11) is 0. The number of nitrogens with one attached hydrogen (secondary N) is 2. The van der Waals surface area contributed by atoms with E-state index >= 15 is 0 Å². The fourth-order valence-corrected chi connectivity index (χ4v) is 6.31. The topological polar surface area (TPSA) is 73.5 Å². The van der Waals surface area contributed by atoms with Gasteiger partial charge >= 0.3 is 17.1 Å². The van der Waals surface area contributed by atoms with E-state index in [-0.39, 0.29) is 17.1 Å². The van der Waals surface area contributed by atoms with E-state index in [1.165, 1.54) is 38.5 Å². The van der Waals surface area contributed by atoms with Crippen molar-refractivity contribution in [1.82, 2.24) is 10.6 Å². The largest absolute Gasteiger partial charge is 2.00 e. The average Bonchev–Trinajstić information content (AvgIpc) is 2.65. The molecule has 4 rings (SSSR count). The Balaban J connectivity index is 0.00000320. The Hall–Kier alpha value is -0.761. The molecule has 1 radical (unpaired) electrons. The van der Waals surface area contributed by atoms with Gasteiger partial charge in [0.05, 0.1) is 11.4 Å². The maximum atomic E-state index is 5.22. The minimum Gasteiger partial charge on any atom is -0.741 e. The Labute approximate surface area is 203 Å². The van der Waals surface area contributed by atoms with Gasteiger partial charge < -0.3 is 35.9 Å². The van der Waals surface area contributed by atoms with Crippen molar-refractivity contribution < 1.29 is 17.1 Å². The van der Waals surface area contributed by atoms with Crippen LogP contribution in [-0.2, 0) is 42.3 Å². The van der Waals surface area contributed by atoms with Gasteiger partial charge in [0.2, 0.25) is 0 Å². The van der Waals surface area contributed by atoms with E-state index in [1.807, 2.05) is 20.8 Å². The molecule has 4 aliphatic rings. The first-order valence-corrected chi connectivity index (χ1v) is 11.8. The van der Waals surface area contributed by atoms with Crippen LogP contribution in [0.4, 0.5) is 0 Å². The Morgan fingerprint density at radius 1 is 0.833 bits per heavy atom. The molecule has 0 unspecified atom stereocenters. The maximum absolute atomic E-state index is 5.22. The zero-order chi connectivity index (χ0) is 20.9. The first kappa shape index (κ1) is 25.5. The molecule has 4 fully saturated rings. The zero-order valence-corrected chi connectivity index (χ0v) is 20.8. The van der Waals surface area contributed by atoms with Crippen molar-refractivity contribution in [2.75, 3.05) is 13.1 Å². The van der Waals surface area contributed by atoms with Crippen LogP contribution in [0.15, 0.2) is 20.4 Å². The van der Waals surface area contributed by atoms with Gasteiger partial charge in [0.25, 0.3) is 0 Å². The molecule has 0 amide bonds. The van der Waals surface area contributed by atoms with Crippen molar-refractivity contribution in [3.8, 4) is 0 Å². The second-order valence-corrected chi connectivity index (χ2v) is 9.79. The Morgan fingerprint density at radius 2 is 1.30 bits per heavy atom. The minimum absolute atomic E-state index is 0. The molecule has 4 saturated carbocycles. The molecular formula is C21H34CuN6S2. The maximum Gasteiger partial charge on any atom is 2.00 e. The molecule has 0 aromatic carbocycles. The normalized spacial score (nSPS) is 31.5. The fraction of sp³-hybridized carbons (Fsp3) is 0.810. The van der Waals surface area contributed by atoms with Crippen LogP contribution in [0.5, 0.6) is 0 Å². The van der Waals surface area contributed by atoms with Gasteiger partial charge in [-0.3, -0.25) is 0 Å². The minimum atomic E-state index is 0. The van der Waals surface area contributed by atoms with Gasteiger partial charge in [0.1, 0.15) is 0 Å². The van der Waals surface area contributed by atoms with Crippen LogP contribution in [-0.4, -0.2) is 34.8 Å². The Morgan fingerprint density at radius 3 is 1.77 bits per heavy atom. The van der Waals surface area contributed by atoms with Crippen molar-refractivity contribution in [3.63, 3.8) is 0 Å². The fourth-order valence-electron chi connectivity index (χ4n) is 5.94. The van der Waals surface area contributed by atoms with E-state index in [4.69, 9.17) is 25.3 Å². The summed E-state index contributed by atoms with van der Waals surface area (Å²) in [5.74, 6) is 2.86. The zero-order valence-electron chi connectivity index (χ0n) is 18.2. The molecule has 0 aromatic heterocycles. The molecule has 0 aliphatic heterocycles. The van der Waals surface area contributed by atoms with Gasteiger partial charge in [-0.05, 0) is 106 Å². The summed E-state index contributed by atoms with van der Waals surface area (Å²) in [6.07, 6.45) is 10.6. The monoisotopic (exact) mass is 497 g/mol. The molecule has 0 saturated heterocycles. The molecule has 2 N–H and O–H groups in total. The summed E-state index contributed by atoms with van der Waals surface area (Å²) in [4.78, 5) is 0. The summed E-state index contributed by atoms with van der Waals surface area (Å²) in [5, 5.41) is 23.9. The van der Waals surface area contributed by atoms with Crippen molar-refractivity contribution in [2.45, 2.75) is 72.1 Å². The smallest absolute Gasteiger partial charge is 0.741 e. The van der Waals surface area contributed by atoms with E-state index in [0.717, 1.165) is 55.1 Å². The molecule has 30 heavy (non-hydrogen) atoms. The number of nitrogens with zero attached hydrogens (tertiary/aromatic N) is 4. The third kappa shape index (κ3) is 6.87. The number of hydrogen-bond acceptors (Lipinski definition) is 6. The predicted molar refractivity (Wildman–Crippen MR) is 127 cm³/mol. The van der Waals surface area contributed by atoms with Crippen LogP contribution in [0.2, 0.25) is 0 Å². The van der Waals surface area contributed by atoms with Gasteiger partial charge in [0.15, 0.2) is 0 Å².